The van der Waals surface area contributed by atoms with E-state index in [-0.39, 0.29) is 0 Å². The summed E-state index contributed by atoms with van der Waals surface area (Å²) < 4.78 is 1.78. The van der Waals surface area contributed by atoms with Crippen molar-refractivity contribution in [3.63, 3.8) is 0 Å². The molecule has 0 aromatic carbocycles. The van der Waals surface area contributed by atoms with Crippen molar-refractivity contribution < 1.29 is 0 Å². The highest BCUT2D eigenvalue weighted by atomic mass is 15.7. The van der Waals surface area contributed by atoms with E-state index in [0.717, 1.165) is 16.9 Å². The van der Waals surface area contributed by atoms with Crippen LogP contribution in [0, 0.1) is 0 Å². The second-order valence-corrected chi connectivity index (χ2v) is 2.83. The normalized spacial score (nSPS) is 12.4. The number of hydrogen-bond acceptors (Lipinski definition) is 3. The number of rotatable bonds is 1. The minimum absolute atomic E-state index is 1.07. The standard InChI is InChI=1S/C7H7N5/c1-11-4-5(2-8-11)6-3-9-12-7(6)10-12/h2-4,10H,1H3. The number of nitrogens with one attached hydrogen (secondary N) is 1. The van der Waals surface area contributed by atoms with Gasteiger partial charge in [0.25, 0.3) is 0 Å². The van der Waals surface area contributed by atoms with Gasteiger partial charge in [-0.2, -0.15) is 15.0 Å². The van der Waals surface area contributed by atoms with Gasteiger partial charge >= 0.3 is 0 Å². The predicted octanol–water partition coefficient (Wildman–Crippen LogP) is 0.472. The monoisotopic (exact) mass is 161 g/mol. The van der Waals surface area contributed by atoms with Crippen LogP contribution in [0.5, 0.6) is 0 Å². The highest BCUT2D eigenvalue weighted by Gasteiger charge is 2.23. The predicted molar refractivity (Wildman–Crippen MR) is 43.4 cm³/mol. The van der Waals surface area contributed by atoms with E-state index in [1.807, 2.05) is 25.6 Å². The molecule has 0 fully saturated rings. The van der Waals surface area contributed by atoms with Gasteiger partial charge in [0.05, 0.1) is 18.0 Å². The summed E-state index contributed by atoms with van der Waals surface area (Å²) in [5.41, 5.74) is 5.22. The topological polar surface area (TPSA) is 57.6 Å². The van der Waals surface area contributed by atoms with Gasteiger partial charge < -0.3 is 0 Å². The zero-order chi connectivity index (χ0) is 8.13. The Bertz CT molecular complexity index is 438. The SMILES string of the molecule is Cn1cc(-c2cnn3c2N3)cn1. The number of aryl methyl sites for hydroxylation is 1. The Hall–Kier alpha value is -1.78. The molecule has 2 aromatic heterocycles. The van der Waals surface area contributed by atoms with Crippen molar-refractivity contribution in [3.8, 4) is 11.1 Å². The number of nitrogens with zero attached hydrogens (tertiary/aromatic N) is 4. The average Bonchev–Trinajstić information content (AvgIpc) is 2.53. The van der Waals surface area contributed by atoms with E-state index in [1.165, 1.54) is 0 Å². The van der Waals surface area contributed by atoms with E-state index in [4.69, 9.17) is 0 Å². The van der Waals surface area contributed by atoms with Gasteiger partial charge in [-0.15, -0.1) is 0 Å². The summed E-state index contributed by atoms with van der Waals surface area (Å²) in [7, 11) is 1.90. The molecule has 0 bridgehead atoms. The van der Waals surface area contributed by atoms with Crippen LogP contribution in [0.15, 0.2) is 18.6 Å². The first-order valence-corrected chi connectivity index (χ1v) is 3.69. The highest BCUT2D eigenvalue weighted by molar-refractivity contribution is 5.79. The molecule has 0 spiro atoms. The average molecular weight is 161 g/mol. The number of fused-ring (bicyclic) bond motifs is 1. The van der Waals surface area contributed by atoms with Crippen LogP contribution in [0.4, 0.5) is 5.82 Å². The van der Waals surface area contributed by atoms with Crippen LogP contribution >= 0.6 is 0 Å². The Balaban J connectivity index is 2.16. The van der Waals surface area contributed by atoms with Gasteiger partial charge in [-0.1, -0.05) is 0 Å². The first-order valence-electron chi connectivity index (χ1n) is 3.69. The van der Waals surface area contributed by atoms with Crippen LogP contribution in [0.1, 0.15) is 0 Å². The molecule has 1 N–H and O–H groups in total. The maximum absolute atomic E-state index is 4.09. The zero-order valence-electron chi connectivity index (χ0n) is 6.52. The molecule has 0 amide bonds. The number of aromatic nitrogens is 4. The molecule has 1 aliphatic heterocycles. The second-order valence-electron chi connectivity index (χ2n) is 2.83. The van der Waals surface area contributed by atoms with Crippen molar-refractivity contribution in [3.05, 3.63) is 18.6 Å². The van der Waals surface area contributed by atoms with Gasteiger partial charge in [-0.25, -0.2) is 0 Å². The van der Waals surface area contributed by atoms with Crippen LogP contribution in [0.25, 0.3) is 11.1 Å². The molecule has 3 rings (SSSR count). The summed E-state index contributed by atoms with van der Waals surface area (Å²) >= 11 is 0. The molecule has 2 aromatic rings. The third-order valence-electron chi connectivity index (χ3n) is 1.95. The van der Waals surface area contributed by atoms with Crippen LogP contribution < -0.4 is 5.43 Å². The van der Waals surface area contributed by atoms with Crippen molar-refractivity contribution in [2.45, 2.75) is 0 Å². The quantitative estimate of drug-likeness (QED) is 0.528. The van der Waals surface area contributed by atoms with E-state index < -0.39 is 0 Å². The number of hydrogen-bond donors (Lipinski definition) is 1. The van der Waals surface area contributed by atoms with Crippen molar-refractivity contribution in [1.82, 2.24) is 19.7 Å². The molecule has 5 heteroatoms. The van der Waals surface area contributed by atoms with Crippen LogP contribution in [-0.4, -0.2) is 19.7 Å². The highest BCUT2D eigenvalue weighted by Crippen LogP contribution is 2.33. The van der Waals surface area contributed by atoms with E-state index in [9.17, 15) is 0 Å². The molecule has 1 aliphatic rings. The Morgan fingerprint density at radius 1 is 1.33 bits per heavy atom. The van der Waals surface area contributed by atoms with Gasteiger partial charge in [-0.05, 0) is 0 Å². The Morgan fingerprint density at radius 2 is 2.25 bits per heavy atom. The largest absolute Gasteiger partial charge is 0.275 e. The Labute approximate surface area is 68.6 Å². The molecule has 0 atom stereocenters. The van der Waals surface area contributed by atoms with Crippen LogP contribution in [0.2, 0.25) is 0 Å². The van der Waals surface area contributed by atoms with E-state index in [0.29, 0.717) is 0 Å². The fourth-order valence-electron chi connectivity index (χ4n) is 1.28. The lowest BCUT2D eigenvalue weighted by atomic mass is 10.2. The zero-order valence-corrected chi connectivity index (χ0v) is 6.52. The second kappa shape index (κ2) is 1.69. The molecule has 0 radical (unpaired) electrons. The molecular formula is C7H7N5. The van der Waals surface area contributed by atoms with Crippen molar-refractivity contribution in [2.24, 2.45) is 7.05 Å². The lowest BCUT2D eigenvalue weighted by molar-refractivity contribution is 0.768. The molecule has 60 valence electrons. The summed E-state index contributed by atoms with van der Waals surface area (Å²) in [6.45, 7) is 0. The van der Waals surface area contributed by atoms with Crippen LogP contribution in [-0.2, 0) is 7.05 Å². The van der Waals surface area contributed by atoms with Crippen molar-refractivity contribution in [1.29, 1.82) is 0 Å². The van der Waals surface area contributed by atoms with Gasteiger partial charge in [0.2, 0.25) is 0 Å². The first kappa shape index (κ1) is 5.82. The maximum Gasteiger partial charge on any atom is 0.176 e. The summed E-state index contributed by atoms with van der Waals surface area (Å²) in [6.07, 6.45) is 5.64. The van der Waals surface area contributed by atoms with Crippen LogP contribution in [0.3, 0.4) is 0 Å². The Kier molecular flexibility index (Phi) is 0.818. The van der Waals surface area contributed by atoms with Gasteiger partial charge in [0, 0.05) is 18.8 Å². The van der Waals surface area contributed by atoms with Gasteiger partial charge in [-0.3, -0.25) is 10.1 Å². The maximum atomic E-state index is 4.09. The molecule has 0 unspecified atom stereocenters. The molecular weight excluding hydrogens is 154 g/mol. The molecule has 3 heterocycles. The molecule has 5 nitrogen and oxygen atoms in total. The van der Waals surface area contributed by atoms with Crippen molar-refractivity contribution >= 4 is 5.82 Å². The minimum Gasteiger partial charge on any atom is -0.275 e. The number of anilines is 1. The van der Waals surface area contributed by atoms with E-state index >= 15 is 0 Å². The fraction of sp³-hybridized carbons (Fsp3) is 0.143. The van der Waals surface area contributed by atoms with Gasteiger partial charge in [0.15, 0.2) is 5.82 Å². The van der Waals surface area contributed by atoms with Crippen molar-refractivity contribution in [2.75, 3.05) is 5.43 Å². The fourth-order valence-corrected chi connectivity index (χ4v) is 1.28. The Morgan fingerprint density at radius 3 is 2.75 bits per heavy atom. The first-order chi connectivity index (χ1) is 5.84. The summed E-state index contributed by atoms with van der Waals surface area (Å²) in [5.74, 6) is 1.07. The lowest BCUT2D eigenvalue weighted by Gasteiger charge is -1.86. The molecule has 0 aliphatic carbocycles. The molecule has 0 saturated carbocycles. The van der Waals surface area contributed by atoms with E-state index in [1.54, 1.807) is 9.47 Å². The molecule has 12 heavy (non-hydrogen) atoms. The third kappa shape index (κ3) is 0.623. The smallest absolute Gasteiger partial charge is 0.176 e. The third-order valence-corrected chi connectivity index (χ3v) is 1.95. The van der Waals surface area contributed by atoms with E-state index in [2.05, 4.69) is 15.6 Å². The summed E-state index contributed by atoms with van der Waals surface area (Å²) in [4.78, 5) is 1.74. The summed E-state index contributed by atoms with van der Waals surface area (Å²) in [5, 5.41) is 8.15. The summed E-state index contributed by atoms with van der Waals surface area (Å²) in [6, 6.07) is 0. The minimum atomic E-state index is 1.07. The van der Waals surface area contributed by atoms with Gasteiger partial charge in [0.1, 0.15) is 0 Å². The lowest BCUT2D eigenvalue weighted by Crippen LogP contribution is -1.84. The molecule has 0 saturated heterocycles.